The standard InChI is InChI=1S/C17H25N3/c1-14-10-16(11-18)6-7-17(14)12-19-15(2)13-20-8-4-3-5-9-20/h6-7,10,15,19H,3-5,8-9,12-13H2,1-2H3. The van der Waals surface area contributed by atoms with Gasteiger partial charge in [-0.25, -0.2) is 0 Å². The van der Waals surface area contributed by atoms with E-state index in [1.807, 2.05) is 12.1 Å². The maximum Gasteiger partial charge on any atom is 0.0991 e. The smallest absolute Gasteiger partial charge is 0.0991 e. The minimum absolute atomic E-state index is 0.503. The van der Waals surface area contributed by atoms with Gasteiger partial charge in [0.1, 0.15) is 0 Å². The number of hydrogen-bond acceptors (Lipinski definition) is 3. The monoisotopic (exact) mass is 271 g/mol. The van der Waals surface area contributed by atoms with Gasteiger partial charge >= 0.3 is 0 Å². The Labute approximate surface area is 122 Å². The molecule has 0 aliphatic carbocycles. The van der Waals surface area contributed by atoms with Crippen molar-refractivity contribution in [3.05, 3.63) is 34.9 Å². The summed E-state index contributed by atoms with van der Waals surface area (Å²) in [5.74, 6) is 0. The lowest BCUT2D eigenvalue weighted by Crippen LogP contribution is -2.41. The van der Waals surface area contributed by atoms with Gasteiger partial charge in [-0.2, -0.15) is 5.26 Å². The quantitative estimate of drug-likeness (QED) is 0.895. The SMILES string of the molecule is Cc1cc(C#N)ccc1CNC(C)CN1CCCCC1. The van der Waals surface area contributed by atoms with E-state index in [4.69, 9.17) is 5.26 Å². The van der Waals surface area contributed by atoms with E-state index in [1.165, 1.54) is 43.5 Å². The summed E-state index contributed by atoms with van der Waals surface area (Å²) in [6, 6.07) is 8.62. The van der Waals surface area contributed by atoms with E-state index in [0.717, 1.165) is 18.7 Å². The molecular formula is C17H25N3. The molecule has 0 radical (unpaired) electrons. The maximum atomic E-state index is 8.88. The summed E-state index contributed by atoms with van der Waals surface area (Å²) in [4.78, 5) is 2.56. The summed E-state index contributed by atoms with van der Waals surface area (Å²) >= 11 is 0. The van der Waals surface area contributed by atoms with Crippen molar-refractivity contribution in [3.8, 4) is 6.07 Å². The van der Waals surface area contributed by atoms with Crippen molar-refractivity contribution in [3.63, 3.8) is 0 Å². The van der Waals surface area contributed by atoms with Crippen LogP contribution in [0.1, 0.15) is 42.9 Å². The van der Waals surface area contributed by atoms with Crippen LogP contribution in [-0.4, -0.2) is 30.6 Å². The molecule has 2 rings (SSSR count). The lowest BCUT2D eigenvalue weighted by atomic mass is 10.1. The third kappa shape index (κ3) is 4.33. The summed E-state index contributed by atoms with van der Waals surface area (Å²) in [5.41, 5.74) is 3.23. The highest BCUT2D eigenvalue weighted by molar-refractivity contribution is 5.37. The lowest BCUT2D eigenvalue weighted by molar-refractivity contribution is 0.209. The van der Waals surface area contributed by atoms with Crippen molar-refractivity contribution in [1.29, 1.82) is 5.26 Å². The topological polar surface area (TPSA) is 39.1 Å². The van der Waals surface area contributed by atoms with E-state index in [2.05, 4.69) is 36.2 Å². The molecule has 0 spiro atoms. The molecule has 1 atom stereocenters. The van der Waals surface area contributed by atoms with Crippen molar-refractivity contribution in [2.45, 2.75) is 45.7 Å². The molecule has 0 bridgehead atoms. The first kappa shape index (κ1) is 15.0. The number of nitriles is 1. The molecule has 0 aromatic heterocycles. The van der Waals surface area contributed by atoms with Crippen LogP contribution >= 0.6 is 0 Å². The average molecular weight is 271 g/mol. The number of nitrogens with one attached hydrogen (secondary N) is 1. The molecule has 3 heteroatoms. The Kier molecular flexibility index (Phi) is 5.58. The number of nitrogens with zero attached hydrogens (tertiary/aromatic N) is 2. The molecule has 108 valence electrons. The van der Waals surface area contributed by atoms with E-state index < -0.39 is 0 Å². The van der Waals surface area contributed by atoms with Crippen molar-refractivity contribution in [2.24, 2.45) is 0 Å². The van der Waals surface area contributed by atoms with Crippen molar-refractivity contribution in [2.75, 3.05) is 19.6 Å². The van der Waals surface area contributed by atoms with Gasteiger partial charge in [-0.05, 0) is 63.0 Å². The third-order valence-electron chi connectivity index (χ3n) is 4.09. The highest BCUT2D eigenvalue weighted by Gasteiger charge is 2.13. The third-order valence-corrected chi connectivity index (χ3v) is 4.09. The fourth-order valence-corrected chi connectivity index (χ4v) is 2.84. The predicted molar refractivity (Wildman–Crippen MR) is 82.5 cm³/mol. The highest BCUT2D eigenvalue weighted by Crippen LogP contribution is 2.12. The number of hydrogen-bond donors (Lipinski definition) is 1. The zero-order chi connectivity index (χ0) is 14.4. The Morgan fingerprint density at radius 1 is 1.30 bits per heavy atom. The van der Waals surface area contributed by atoms with E-state index in [0.29, 0.717) is 6.04 Å². The second-order valence-electron chi connectivity index (χ2n) is 5.90. The van der Waals surface area contributed by atoms with Crippen molar-refractivity contribution in [1.82, 2.24) is 10.2 Å². The number of piperidine rings is 1. The van der Waals surface area contributed by atoms with E-state index in [-0.39, 0.29) is 0 Å². The number of rotatable bonds is 5. The Balaban J connectivity index is 1.80. The van der Waals surface area contributed by atoms with E-state index in [1.54, 1.807) is 0 Å². The van der Waals surface area contributed by atoms with Crippen molar-refractivity contribution < 1.29 is 0 Å². The summed E-state index contributed by atoms with van der Waals surface area (Å²) < 4.78 is 0. The first-order valence-corrected chi connectivity index (χ1v) is 7.64. The van der Waals surface area contributed by atoms with Gasteiger partial charge in [-0.1, -0.05) is 12.5 Å². The molecule has 1 aromatic rings. The van der Waals surface area contributed by atoms with Crippen LogP contribution < -0.4 is 5.32 Å². The summed E-state index contributed by atoms with van der Waals surface area (Å²) in [7, 11) is 0. The van der Waals surface area contributed by atoms with Crippen LogP contribution in [0.25, 0.3) is 0 Å². The summed E-state index contributed by atoms with van der Waals surface area (Å²) in [6.07, 6.45) is 4.09. The van der Waals surface area contributed by atoms with E-state index in [9.17, 15) is 0 Å². The van der Waals surface area contributed by atoms with Gasteiger partial charge in [-0.3, -0.25) is 0 Å². The van der Waals surface area contributed by atoms with Gasteiger partial charge in [-0.15, -0.1) is 0 Å². The highest BCUT2D eigenvalue weighted by atomic mass is 15.1. The van der Waals surface area contributed by atoms with Crippen LogP contribution in [0.2, 0.25) is 0 Å². The molecule has 1 heterocycles. The Hall–Kier alpha value is -1.37. The normalized spacial score (nSPS) is 17.6. The van der Waals surface area contributed by atoms with Crippen LogP contribution in [-0.2, 0) is 6.54 Å². The van der Waals surface area contributed by atoms with Gasteiger partial charge in [0, 0.05) is 19.1 Å². The zero-order valence-electron chi connectivity index (χ0n) is 12.7. The molecule has 1 N–H and O–H groups in total. The predicted octanol–water partition coefficient (Wildman–Crippen LogP) is 2.83. The van der Waals surface area contributed by atoms with Crippen LogP contribution in [0, 0.1) is 18.3 Å². The number of likely N-dealkylation sites (tertiary alicyclic amines) is 1. The molecular weight excluding hydrogens is 246 g/mol. The minimum atomic E-state index is 0.503. The molecule has 1 aliphatic heterocycles. The van der Waals surface area contributed by atoms with Gasteiger partial charge in [0.05, 0.1) is 11.6 Å². The fourth-order valence-electron chi connectivity index (χ4n) is 2.84. The molecule has 1 aliphatic rings. The van der Waals surface area contributed by atoms with Crippen LogP contribution in [0.5, 0.6) is 0 Å². The van der Waals surface area contributed by atoms with Gasteiger partial charge in [0.2, 0.25) is 0 Å². The van der Waals surface area contributed by atoms with Gasteiger partial charge < -0.3 is 10.2 Å². The second-order valence-corrected chi connectivity index (χ2v) is 5.90. The second kappa shape index (κ2) is 7.42. The van der Waals surface area contributed by atoms with Gasteiger partial charge in [0.25, 0.3) is 0 Å². The molecule has 20 heavy (non-hydrogen) atoms. The Morgan fingerprint density at radius 3 is 2.70 bits per heavy atom. The van der Waals surface area contributed by atoms with Crippen LogP contribution in [0.15, 0.2) is 18.2 Å². The summed E-state index contributed by atoms with van der Waals surface area (Å²) in [5, 5.41) is 12.5. The first-order chi connectivity index (χ1) is 9.69. The van der Waals surface area contributed by atoms with Crippen LogP contribution in [0.4, 0.5) is 0 Å². The van der Waals surface area contributed by atoms with Gasteiger partial charge in [0.15, 0.2) is 0 Å². The van der Waals surface area contributed by atoms with E-state index >= 15 is 0 Å². The molecule has 3 nitrogen and oxygen atoms in total. The molecule has 1 saturated heterocycles. The number of benzene rings is 1. The molecule has 1 fully saturated rings. The Morgan fingerprint density at radius 2 is 2.05 bits per heavy atom. The molecule has 1 unspecified atom stereocenters. The molecule has 1 aromatic carbocycles. The largest absolute Gasteiger partial charge is 0.309 e. The minimum Gasteiger partial charge on any atom is -0.309 e. The maximum absolute atomic E-state index is 8.88. The Bertz CT molecular complexity index is 470. The molecule has 0 saturated carbocycles. The fraction of sp³-hybridized carbons (Fsp3) is 0.588. The lowest BCUT2D eigenvalue weighted by Gasteiger charge is -2.29. The first-order valence-electron chi connectivity index (χ1n) is 7.64. The summed E-state index contributed by atoms with van der Waals surface area (Å²) in [6.45, 7) is 8.85. The van der Waals surface area contributed by atoms with Crippen LogP contribution in [0.3, 0.4) is 0 Å². The average Bonchev–Trinajstić information content (AvgIpc) is 2.47. The number of aryl methyl sites for hydroxylation is 1. The van der Waals surface area contributed by atoms with Crippen molar-refractivity contribution >= 4 is 0 Å². The molecule has 0 amide bonds. The zero-order valence-corrected chi connectivity index (χ0v) is 12.7.